The van der Waals surface area contributed by atoms with Crippen LogP contribution in [0.4, 0.5) is 4.39 Å². The molecule has 0 aromatic heterocycles. The number of carboxylic acids is 1. The van der Waals surface area contributed by atoms with E-state index in [4.69, 9.17) is 5.11 Å². The molecule has 0 aliphatic carbocycles. The van der Waals surface area contributed by atoms with Gasteiger partial charge in [0.1, 0.15) is 5.82 Å². The van der Waals surface area contributed by atoms with Crippen molar-refractivity contribution in [3.8, 4) is 0 Å². The van der Waals surface area contributed by atoms with E-state index in [0.717, 1.165) is 17.5 Å². The second kappa shape index (κ2) is 4.74. The Morgan fingerprint density at radius 2 is 2.00 bits per heavy atom. The fraction of sp³-hybridized carbons (Fsp3) is 0.364. The molecule has 0 radical (unpaired) electrons. The molecule has 76 valence electrons. The number of hydrogen-bond donors (Lipinski definition) is 1. The molecule has 0 aliphatic rings. The average Bonchev–Trinajstić information content (AvgIpc) is 2.14. The maximum absolute atomic E-state index is 13.0. The summed E-state index contributed by atoms with van der Waals surface area (Å²) in [5, 5.41) is 8.48. The minimum absolute atomic E-state index is 0.0482. The van der Waals surface area contributed by atoms with Crippen molar-refractivity contribution in [3.05, 3.63) is 35.1 Å². The summed E-state index contributed by atoms with van der Waals surface area (Å²) in [5.41, 5.74) is 1.66. The van der Waals surface area contributed by atoms with E-state index in [9.17, 15) is 9.18 Å². The number of aliphatic carboxylic acids is 1. The van der Waals surface area contributed by atoms with E-state index >= 15 is 0 Å². The van der Waals surface area contributed by atoms with Crippen molar-refractivity contribution in [2.75, 3.05) is 0 Å². The highest BCUT2D eigenvalue weighted by Crippen LogP contribution is 2.11. The molecule has 2 nitrogen and oxygen atoms in total. The number of carbonyl (C=O) groups is 1. The summed E-state index contributed by atoms with van der Waals surface area (Å²) >= 11 is 0. The van der Waals surface area contributed by atoms with Gasteiger partial charge in [0.15, 0.2) is 0 Å². The highest BCUT2D eigenvalue weighted by Gasteiger charge is 2.02. The van der Waals surface area contributed by atoms with Crippen LogP contribution in [-0.4, -0.2) is 11.1 Å². The van der Waals surface area contributed by atoms with Crippen LogP contribution in [0.15, 0.2) is 18.2 Å². The largest absolute Gasteiger partial charge is 0.481 e. The molecule has 0 amide bonds. The van der Waals surface area contributed by atoms with Crippen molar-refractivity contribution in [1.82, 2.24) is 0 Å². The van der Waals surface area contributed by atoms with Gasteiger partial charge in [-0.1, -0.05) is 13.0 Å². The minimum atomic E-state index is -0.854. The number of hydrogen-bond acceptors (Lipinski definition) is 1. The van der Waals surface area contributed by atoms with Crippen molar-refractivity contribution in [2.45, 2.75) is 26.2 Å². The standard InChI is InChI=1S/C11H13FO2/c1-2-8-5-9(3-4-11(13)14)7-10(12)6-8/h5-7H,2-4H2,1H3,(H,13,14). The molecule has 0 fully saturated rings. The molecule has 0 spiro atoms. The fourth-order valence-electron chi connectivity index (χ4n) is 1.32. The first-order valence-corrected chi connectivity index (χ1v) is 4.62. The zero-order valence-electron chi connectivity index (χ0n) is 8.09. The number of aryl methyl sites for hydroxylation is 2. The van der Waals surface area contributed by atoms with Crippen LogP contribution in [0.25, 0.3) is 0 Å². The summed E-state index contributed by atoms with van der Waals surface area (Å²) in [6, 6.07) is 4.72. The molecule has 0 saturated carbocycles. The Kier molecular flexibility index (Phi) is 3.63. The van der Waals surface area contributed by atoms with Crippen LogP contribution in [0.2, 0.25) is 0 Å². The lowest BCUT2D eigenvalue weighted by Gasteiger charge is -2.02. The van der Waals surface area contributed by atoms with Gasteiger partial charge in [0.2, 0.25) is 0 Å². The molecule has 1 aromatic carbocycles. The molecular formula is C11H13FO2. The molecular weight excluding hydrogens is 183 g/mol. The van der Waals surface area contributed by atoms with Crippen LogP contribution >= 0.6 is 0 Å². The lowest BCUT2D eigenvalue weighted by atomic mass is 10.0. The van der Waals surface area contributed by atoms with Gasteiger partial charge in [0.25, 0.3) is 0 Å². The first-order chi connectivity index (χ1) is 6.61. The predicted octanol–water partition coefficient (Wildman–Crippen LogP) is 2.41. The Bertz CT molecular complexity index is 334. The Balaban J connectivity index is 2.76. The van der Waals surface area contributed by atoms with Gasteiger partial charge in [0, 0.05) is 6.42 Å². The van der Waals surface area contributed by atoms with Gasteiger partial charge in [-0.25, -0.2) is 4.39 Å². The molecule has 0 unspecified atom stereocenters. The van der Waals surface area contributed by atoms with E-state index in [0.29, 0.717) is 6.42 Å². The molecule has 1 N–H and O–H groups in total. The number of halogens is 1. The van der Waals surface area contributed by atoms with Crippen LogP contribution < -0.4 is 0 Å². The quantitative estimate of drug-likeness (QED) is 0.802. The van der Waals surface area contributed by atoms with Gasteiger partial charge in [-0.05, 0) is 36.1 Å². The average molecular weight is 196 g/mol. The Morgan fingerprint density at radius 1 is 1.36 bits per heavy atom. The van der Waals surface area contributed by atoms with Crippen LogP contribution in [0, 0.1) is 5.82 Å². The summed E-state index contributed by atoms with van der Waals surface area (Å²) in [4.78, 5) is 10.3. The molecule has 0 heterocycles. The van der Waals surface area contributed by atoms with Crippen LogP contribution in [-0.2, 0) is 17.6 Å². The summed E-state index contributed by atoms with van der Waals surface area (Å²) in [7, 11) is 0. The van der Waals surface area contributed by atoms with Gasteiger partial charge in [-0.3, -0.25) is 4.79 Å². The van der Waals surface area contributed by atoms with Crippen LogP contribution in [0.1, 0.15) is 24.5 Å². The van der Waals surface area contributed by atoms with Crippen molar-refractivity contribution < 1.29 is 14.3 Å². The summed E-state index contributed by atoms with van der Waals surface area (Å²) in [6.07, 6.45) is 1.20. The summed E-state index contributed by atoms with van der Waals surface area (Å²) in [5.74, 6) is -1.14. The molecule has 0 aliphatic heterocycles. The van der Waals surface area contributed by atoms with Gasteiger partial charge in [-0.2, -0.15) is 0 Å². The van der Waals surface area contributed by atoms with Gasteiger partial charge >= 0.3 is 5.97 Å². The molecule has 0 atom stereocenters. The Morgan fingerprint density at radius 3 is 2.57 bits per heavy atom. The highest BCUT2D eigenvalue weighted by molar-refractivity contribution is 5.67. The SMILES string of the molecule is CCc1cc(F)cc(CCC(=O)O)c1. The lowest BCUT2D eigenvalue weighted by Crippen LogP contribution is -1.98. The number of rotatable bonds is 4. The minimum Gasteiger partial charge on any atom is -0.481 e. The molecule has 1 aromatic rings. The van der Waals surface area contributed by atoms with E-state index in [1.54, 1.807) is 0 Å². The van der Waals surface area contributed by atoms with Gasteiger partial charge < -0.3 is 5.11 Å². The highest BCUT2D eigenvalue weighted by atomic mass is 19.1. The summed E-state index contributed by atoms with van der Waals surface area (Å²) in [6.45, 7) is 1.94. The van der Waals surface area contributed by atoms with Gasteiger partial charge in [-0.15, -0.1) is 0 Å². The molecule has 1 rings (SSSR count). The van der Waals surface area contributed by atoms with Crippen LogP contribution in [0.3, 0.4) is 0 Å². The predicted molar refractivity (Wildman–Crippen MR) is 51.7 cm³/mol. The molecule has 14 heavy (non-hydrogen) atoms. The Hall–Kier alpha value is -1.38. The maximum atomic E-state index is 13.0. The van der Waals surface area contributed by atoms with Crippen molar-refractivity contribution in [2.24, 2.45) is 0 Å². The zero-order chi connectivity index (χ0) is 10.6. The summed E-state index contributed by atoms with van der Waals surface area (Å²) < 4.78 is 13.0. The van der Waals surface area contributed by atoms with E-state index < -0.39 is 5.97 Å². The van der Waals surface area contributed by atoms with E-state index in [2.05, 4.69) is 0 Å². The molecule has 0 saturated heterocycles. The number of carboxylic acid groups (broad SMARTS) is 1. The van der Waals surface area contributed by atoms with E-state index in [1.165, 1.54) is 12.1 Å². The monoisotopic (exact) mass is 196 g/mol. The van der Waals surface area contributed by atoms with Gasteiger partial charge in [0.05, 0.1) is 0 Å². The Labute approximate surface area is 82.4 Å². The van der Waals surface area contributed by atoms with E-state index in [1.807, 2.05) is 13.0 Å². The molecule has 0 bridgehead atoms. The second-order valence-corrected chi connectivity index (χ2v) is 3.22. The van der Waals surface area contributed by atoms with Crippen molar-refractivity contribution >= 4 is 5.97 Å². The fourth-order valence-corrected chi connectivity index (χ4v) is 1.32. The third kappa shape index (κ3) is 3.17. The third-order valence-electron chi connectivity index (χ3n) is 2.05. The first kappa shape index (κ1) is 10.7. The van der Waals surface area contributed by atoms with Crippen LogP contribution in [0.5, 0.6) is 0 Å². The van der Waals surface area contributed by atoms with Crippen molar-refractivity contribution in [3.63, 3.8) is 0 Å². The topological polar surface area (TPSA) is 37.3 Å². The second-order valence-electron chi connectivity index (χ2n) is 3.22. The molecule has 3 heteroatoms. The third-order valence-corrected chi connectivity index (χ3v) is 2.05. The van der Waals surface area contributed by atoms with Crippen molar-refractivity contribution in [1.29, 1.82) is 0 Å². The first-order valence-electron chi connectivity index (χ1n) is 4.62. The lowest BCUT2D eigenvalue weighted by molar-refractivity contribution is -0.136. The smallest absolute Gasteiger partial charge is 0.303 e. The normalized spacial score (nSPS) is 10.1. The number of benzene rings is 1. The van der Waals surface area contributed by atoms with E-state index in [-0.39, 0.29) is 12.2 Å². The maximum Gasteiger partial charge on any atom is 0.303 e. The zero-order valence-corrected chi connectivity index (χ0v) is 8.09.